The molecule has 6 heteroatoms. The first-order valence-electron chi connectivity index (χ1n) is 5.82. The fourth-order valence-electron chi connectivity index (χ4n) is 1.97. The summed E-state index contributed by atoms with van der Waals surface area (Å²) in [4.78, 5) is 0. The highest BCUT2D eigenvalue weighted by Gasteiger charge is 2.17. The molecule has 0 radical (unpaired) electrons. The van der Waals surface area contributed by atoms with Crippen molar-refractivity contribution in [2.75, 3.05) is 13.7 Å². The molecule has 2 aromatic rings. The Balaban J connectivity index is 2.55. The Morgan fingerprint density at radius 2 is 2.00 bits per heavy atom. The van der Waals surface area contributed by atoms with Gasteiger partial charge in [-0.3, -0.25) is 4.68 Å². The summed E-state index contributed by atoms with van der Waals surface area (Å²) in [5.74, 6) is -1.28. The van der Waals surface area contributed by atoms with Gasteiger partial charge in [-0.25, -0.2) is 8.78 Å². The number of aryl methyl sites for hydroxylation is 1. The number of methoxy groups -OCH3 is 1. The molecule has 1 heterocycles. The Kier molecular flexibility index (Phi) is 3.80. The fraction of sp³-hybridized carbons (Fsp3) is 0.308. The summed E-state index contributed by atoms with van der Waals surface area (Å²) >= 11 is 0. The van der Waals surface area contributed by atoms with Crippen LogP contribution in [0.4, 0.5) is 8.78 Å². The Morgan fingerprint density at radius 3 is 2.63 bits per heavy atom. The van der Waals surface area contributed by atoms with Gasteiger partial charge in [0.05, 0.1) is 12.8 Å². The first kappa shape index (κ1) is 13.5. The van der Waals surface area contributed by atoms with Crippen LogP contribution >= 0.6 is 0 Å². The number of rotatable bonds is 4. The molecule has 0 spiro atoms. The lowest BCUT2D eigenvalue weighted by molar-refractivity contribution is 0.383. The molecule has 0 bridgehead atoms. The lowest BCUT2D eigenvalue weighted by atomic mass is 10.0. The van der Waals surface area contributed by atoms with Gasteiger partial charge in [0, 0.05) is 36.9 Å². The van der Waals surface area contributed by atoms with E-state index in [-0.39, 0.29) is 11.3 Å². The quantitative estimate of drug-likeness (QED) is 0.920. The van der Waals surface area contributed by atoms with E-state index < -0.39 is 11.6 Å². The van der Waals surface area contributed by atoms with Crippen LogP contribution < -0.4 is 10.5 Å². The van der Waals surface area contributed by atoms with Gasteiger partial charge in [0.25, 0.3) is 0 Å². The van der Waals surface area contributed by atoms with Gasteiger partial charge in [0.1, 0.15) is 5.82 Å². The van der Waals surface area contributed by atoms with Gasteiger partial charge >= 0.3 is 0 Å². The summed E-state index contributed by atoms with van der Waals surface area (Å²) in [6.07, 6.45) is 2.15. The summed E-state index contributed by atoms with van der Waals surface area (Å²) < 4.78 is 34.0. The van der Waals surface area contributed by atoms with E-state index in [0.29, 0.717) is 24.2 Å². The van der Waals surface area contributed by atoms with E-state index in [9.17, 15) is 8.78 Å². The summed E-state index contributed by atoms with van der Waals surface area (Å²) in [6.45, 7) is 0.393. The normalized spacial score (nSPS) is 10.8. The first-order chi connectivity index (χ1) is 9.06. The predicted octanol–water partition coefficient (Wildman–Crippen LogP) is 1.88. The fourth-order valence-corrected chi connectivity index (χ4v) is 1.97. The van der Waals surface area contributed by atoms with Crippen molar-refractivity contribution < 1.29 is 13.5 Å². The lowest BCUT2D eigenvalue weighted by Gasteiger charge is -2.07. The Hall–Kier alpha value is -1.95. The van der Waals surface area contributed by atoms with Gasteiger partial charge in [-0.2, -0.15) is 5.10 Å². The van der Waals surface area contributed by atoms with E-state index in [1.165, 1.54) is 7.11 Å². The second-order valence-corrected chi connectivity index (χ2v) is 4.17. The molecule has 0 aliphatic heterocycles. The van der Waals surface area contributed by atoms with E-state index in [0.717, 1.165) is 12.1 Å². The zero-order valence-electron chi connectivity index (χ0n) is 10.8. The zero-order chi connectivity index (χ0) is 14.0. The number of halogens is 2. The third kappa shape index (κ3) is 2.58. The van der Waals surface area contributed by atoms with Gasteiger partial charge in [0.2, 0.25) is 0 Å². The molecule has 0 unspecified atom stereocenters. The van der Waals surface area contributed by atoms with Crippen LogP contribution in [0, 0.1) is 11.6 Å². The molecule has 2 rings (SSSR count). The number of nitrogens with two attached hydrogens (primary N) is 1. The Labute approximate surface area is 109 Å². The van der Waals surface area contributed by atoms with Crippen LogP contribution in [0.5, 0.6) is 5.75 Å². The van der Waals surface area contributed by atoms with E-state index in [4.69, 9.17) is 10.5 Å². The summed E-state index contributed by atoms with van der Waals surface area (Å²) in [7, 11) is 3.02. The number of nitrogens with zero attached hydrogens (tertiary/aromatic N) is 2. The standard InChI is InChI=1S/C13H15F2N3O/c1-18-7-9(12(17-18)3-4-16)8-5-11(15)13(19-2)6-10(8)14/h5-7H,3-4,16H2,1-2H3. The number of aromatic nitrogens is 2. The van der Waals surface area contributed by atoms with E-state index in [1.807, 2.05) is 0 Å². The monoisotopic (exact) mass is 267 g/mol. The van der Waals surface area contributed by atoms with Crippen molar-refractivity contribution in [3.05, 3.63) is 35.7 Å². The molecular formula is C13H15F2N3O. The maximum absolute atomic E-state index is 14.0. The van der Waals surface area contributed by atoms with Gasteiger partial charge in [-0.15, -0.1) is 0 Å². The molecule has 19 heavy (non-hydrogen) atoms. The molecule has 1 aromatic heterocycles. The topological polar surface area (TPSA) is 53.1 Å². The maximum atomic E-state index is 14.0. The zero-order valence-corrected chi connectivity index (χ0v) is 10.8. The second kappa shape index (κ2) is 5.36. The lowest BCUT2D eigenvalue weighted by Crippen LogP contribution is -2.05. The van der Waals surface area contributed by atoms with Gasteiger partial charge in [0.15, 0.2) is 11.6 Å². The molecule has 0 atom stereocenters. The van der Waals surface area contributed by atoms with Crippen molar-refractivity contribution >= 4 is 0 Å². The SMILES string of the molecule is COc1cc(F)c(-c2cn(C)nc2CCN)cc1F. The molecule has 1 aromatic carbocycles. The van der Waals surface area contributed by atoms with Crippen molar-refractivity contribution in [3.63, 3.8) is 0 Å². The third-order valence-electron chi connectivity index (χ3n) is 2.82. The molecule has 0 aliphatic rings. The Bertz CT molecular complexity index is 596. The number of benzene rings is 1. The average molecular weight is 267 g/mol. The molecular weight excluding hydrogens is 252 g/mol. The minimum absolute atomic E-state index is 0.120. The van der Waals surface area contributed by atoms with Crippen LogP contribution in [-0.2, 0) is 13.5 Å². The van der Waals surface area contributed by atoms with Crippen LogP contribution in [-0.4, -0.2) is 23.4 Å². The summed E-state index contributed by atoms with van der Waals surface area (Å²) in [5, 5.41) is 4.21. The highest BCUT2D eigenvalue weighted by Crippen LogP contribution is 2.30. The summed E-state index contributed by atoms with van der Waals surface area (Å²) in [5.41, 5.74) is 6.85. The minimum atomic E-state index is -0.610. The molecule has 0 amide bonds. The number of hydrogen-bond donors (Lipinski definition) is 1. The Morgan fingerprint density at radius 1 is 1.26 bits per heavy atom. The number of ether oxygens (including phenoxy) is 1. The van der Waals surface area contributed by atoms with Crippen molar-refractivity contribution in [1.82, 2.24) is 9.78 Å². The molecule has 0 saturated heterocycles. The van der Waals surface area contributed by atoms with Gasteiger partial charge < -0.3 is 10.5 Å². The molecule has 0 fully saturated rings. The molecule has 102 valence electrons. The highest BCUT2D eigenvalue weighted by atomic mass is 19.1. The van der Waals surface area contributed by atoms with E-state index >= 15 is 0 Å². The molecule has 0 aliphatic carbocycles. The number of hydrogen-bond acceptors (Lipinski definition) is 3. The van der Waals surface area contributed by atoms with Gasteiger partial charge in [-0.05, 0) is 12.6 Å². The predicted molar refractivity (Wildman–Crippen MR) is 67.9 cm³/mol. The largest absolute Gasteiger partial charge is 0.494 e. The van der Waals surface area contributed by atoms with Crippen molar-refractivity contribution in [3.8, 4) is 16.9 Å². The van der Waals surface area contributed by atoms with E-state index in [1.54, 1.807) is 17.9 Å². The molecule has 4 nitrogen and oxygen atoms in total. The molecule has 0 saturated carbocycles. The first-order valence-corrected chi connectivity index (χ1v) is 5.82. The molecule has 2 N–H and O–H groups in total. The van der Waals surface area contributed by atoms with Crippen LogP contribution in [0.25, 0.3) is 11.1 Å². The minimum Gasteiger partial charge on any atom is -0.494 e. The van der Waals surface area contributed by atoms with Crippen LogP contribution in [0.3, 0.4) is 0 Å². The summed E-state index contributed by atoms with van der Waals surface area (Å²) in [6, 6.07) is 2.15. The second-order valence-electron chi connectivity index (χ2n) is 4.17. The van der Waals surface area contributed by atoms with Crippen LogP contribution in [0.15, 0.2) is 18.3 Å². The van der Waals surface area contributed by atoms with Crippen LogP contribution in [0.1, 0.15) is 5.69 Å². The third-order valence-corrected chi connectivity index (χ3v) is 2.82. The highest BCUT2D eigenvalue weighted by molar-refractivity contribution is 5.67. The van der Waals surface area contributed by atoms with Gasteiger partial charge in [-0.1, -0.05) is 0 Å². The van der Waals surface area contributed by atoms with E-state index in [2.05, 4.69) is 5.10 Å². The maximum Gasteiger partial charge on any atom is 0.165 e. The van der Waals surface area contributed by atoms with Crippen LogP contribution in [0.2, 0.25) is 0 Å². The van der Waals surface area contributed by atoms with Crippen molar-refractivity contribution in [2.45, 2.75) is 6.42 Å². The average Bonchev–Trinajstić information content (AvgIpc) is 2.73. The smallest absolute Gasteiger partial charge is 0.165 e. The van der Waals surface area contributed by atoms with Crippen molar-refractivity contribution in [1.29, 1.82) is 0 Å². The van der Waals surface area contributed by atoms with Crippen molar-refractivity contribution in [2.24, 2.45) is 12.8 Å².